The number of fused-ring (bicyclic) bond motifs is 1. The van der Waals surface area contributed by atoms with Crippen molar-refractivity contribution in [2.75, 3.05) is 0 Å². The third-order valence-electron chi connectivity index (χ3n) is 3.24. The molecule has 0 spiro atoms. The van der Waals surface area contributed by atoms with E-state index in [4.69, 9.17) is 0 Å². The van der Waals surface area contributed by atoms with Crippen molar-refractivity contribution >= 4 is 17.0 Å². The number of H-pyrrole nitrogens is 1. The summed E-state index contributed by atoms with van der Waals surface area (Å²) in [5.41, 5.74) is 2.93. The van der Waals surface area contributed by atoms with Crippen molar-refractivity contribution in [1.82, 2.24) is 9.97 Å². The van der Waals surface area contributed by atoms with E-state index in [2.05, 4.69) is 9.97 Å². The summed E-state index contributed by atoms with van der Waals surface area (Å²) in [5.74, 6) is -0.0696. The Balaban J connectivity index is 2.27. The van der Waals surface area contributed by atoms with E-state index in [0.29, 0.717) is 6.42 Å². The molecule has 1 heterocycles. The van der Waals surface area contributed by atoms with Gasteiger partial charge in [0, 0.05) is 0 Å². The van der Waals surface area contributed by atoms with Gasteiger partial charge in [-0.1, -0.05) is 19.9 Å². The second-order valence-corrected chi connectivity index (χ2v) is 5.07. The molecule has 0 amide bonds. The number of imidazole rings is 1. The van der Waals surface area contributed by atoms with Gasteiger partial charge in [0.05, 0.1) is 17.0 Å². The lowest BCUT2D eigenvalue weighted by Crippen LogP contribution is -2.22. The molecule has 0 saturated carbocycles. The number of hydrogen-bond acceptors (Lipinski definition) is 2. The van der Waals surface area contributed by atoms with Gasteiger partial charge in [0.1, 0.15) is 5.82 Å². The molecule has 0 aliphatic rings. The molecule has 4 nitrogen and oxygen atoms in total. The smallest absolute Gasteiger partial charge is 0.307 e. The molecule has 1 atom stereocenters. The third kappa shape index (κ3) is 2.53. The van der Waals surface area contributed by atoms with Gasteiger partial charge >= 0.3 is 5.97 Å². The number of aliphatic carboxylic acids is 1. The first-order valence-electron chi connectivity index (χ1n) is 6.15. The van der Waals surface area contributed by atoms with Gasteiger partial charge in [0.25, 0.3) is 0 Å². The summed E-state index contributed by atoms with van der Waals surface area (Å²) in [7, 11) is 0. The van der Waals surface area contributed by atoms with Crippen LogP contribution in [0.4, 0.5) is 0 Å². The van der Waals surface area contributed by atoms with Crippen molar-refractivity contribution in [2.24, 2.45) is 11.8 Å². The first kappa shape index (κ1) is 12.6. The maximum atomic E-state index is 11.2. The average molecular weight is 246 g/mol. The molecule has 2 N–H and O–H groups in total. The summed E-state index contributed by atoms with van der Waals surface area (Å²) in [6.07, 6.45) is 0.557. The topological polar surface area (TPSA) is 66.0 Å². The Kier molecular flexibility index (Phi) is 3.36. The number of aromatic nitrogens is 2. The van der Waals surface area contributed by atoms with Crippen LogP contribution < -0.4 is 0 Å². The lowest BCUT2D eigenvalue weighted by atomic mass is 9.89. The van der Waals surface area contributed by atoms with Crippen LogP contribution >= 0.6 is 0 Å². The fourth-order valence-electron chi connectivity index (χ4n) is 2.17. The molecular weight excluding hydrogens is 228 g/mol. The number of carboxylic acids is 1. The van der Waals surface area contributed by atoms with Crippen molar-refractivity contribution in [3.63, 3.8) is 0 Å². The maximum absolute atomic E-state index is 11.2. The van der Waals surface area contributed by atoms with Gasteiger partial charge in [-0.25, -0.2) is 4.98 Å². The van der Waals surface area contributed by atoms with E-state index in [1.54, 1.807) is 0 Å². The monoisotopic (exact) mass is 246 g/mol. The van der Waals surface area contributed by atoms with Crippen LogP contribution in [-0.2, 0) is 11.2 Å². The zero-order valence-electron chi connectivity index (χ0n) is 10.9. The summed E-state index contributed by atoms with van der Waals surface area (Å²) in [4.78, 5) is 18.7. The normalized spacial score (nSPS) is 13.1. The Morgan fingerprint density at radius 1 is 1.44 bits per heavy atom. The largest absolute Gasteiger partial charge is 0.481 e. The Morgan fingerprint density at radius 2 is 2.17 bits per heavy atom. The minimum absolute atomic E-state index is 0.127. The Morgan fingerprint density at radius 3 is 2.78 bits per heavy atom. The molecule has 0 fully saturated rings. The van der Waals surface area contributed by atoms with Crippen molar-refractivity contribution in [1.29, 1.82) is 0 Å². The van der Waals surface area contributed by atoms with Crippen LogP contribution in [0.3, 0.4) is 0 Å². The van der Waals surface area contributed by atoms with Gasteiger partial charge in [-0.3, -0.25) is 4.79 Å². The molecule has 0 saturated heterocycles. The molecule has 0 bridgehead atoms. The highest BCUT2D eigenvalue weighted by molar-refractivity contribution is 5.76. The second kappa shape index (κ2) is 4.80. The van der Waals surface area contributed by atoms with Gasteiger partial charge in [-0.05, 0) is 37.0 Å². The van der Waals surface area contributed by atoms with E-state index >= 15 is 0 Å². The number of nitrogens with one attached hydrogen (secondary N) is 1. The minimum atomic E-state index is -0.731. The summed E-state index contributed by atoms with van der Waals surface area (Å²) in [6, 6.07) is 5.89. The van der Waals surface area contributed by atoms with Gasteiger partial charge < -0.3 is 10.1 Å². The lowest BCUT2D eigenvalue weighted by molar-refractivity contribution is -0.143. The first-order chi connectivity index (χ1) is 8.47. The van der Waals surface area contributed by atoms with Crippen LogP contribution in [-0.4, -0.2) is 21.0 Å². The number of rotatable bonds is 4. The molecule has 0 aliphatic heterocycles. The molecule has 2 aromatic rings. The second-order valence-electron chi connectivity index (χ2n) is 5.07. The van der Waals surface area contributed by atoms with Crippen LogP contribution in [0.5, 0.6) is 0 Å². The highest BCUT2D eigenvalue weighted by Gasteiger charge is 2.21. The molecule has 96 valence electrons. The summed E-state index contributed by atoms with van der Waals surface area (Å²) in [5, 5.41) is 9.20. The zero-order chi connectivity index (χ0) is 13.3. The van der Waals surface area contributed by atoms with Crippen LogP contribution in [0, 0.1) is 18.8 Å². The Labute approximate surface area is 106 Å². The molecule has 1 aromatic heterocycles. The predicted octanol–water partition coefficient (Wildman–Crippen LogP) is 2.77. The van der Waals surface area contributed by atoms with Crippen LogP contribution in [0.1, 0.15) is 25.2 Å². The number of aryl methyl sites for hydroxylation is 1. The minimum Gasteiger partial charge on any atom is -0.481 e. The van der Waals surface area contributed by atoms with E-state index in [1.165, 1.54) is 0 Å². The van der Waals surface area contributed by atoms with Crippen molar-refractivity contribution < 1.29 is 9.90 Å². The van der Waals surface area contributed by atoms with Crippen molar-refractivity contribution in [3.05, 3.63) is 29.6 Å². The number of carbonyl (C=O) groups is 1. The van der Waals surface area contributed by atoms with Crippen molar-refractivity contribution in [2.45, 2.75) is 27.2 Å². The third-order valence-corrected chi connectivity index (χ3v) is 3.24. The van der Waals surface area contributed by atoms with Gasteiger partial charge in [-0.2, -0.15) is 0 Å². The lowest BCUT2D eigenvalue weighted by Gasteiger charge is -2.15. The number of benzene rings is 1. The van der Waals surface area contributed by atoms with Crippen molar-refractivity contribution in [3.8, 4) is 0 Å². The highest BCUT2D eigenvalue weighted by atomic mass is 16.4. The molecule has 4 heteroatoms. The van der Waals surface area contributed by atoms with Crippen LogP contribution in [0.25, 0.3) is 11.0 Å². The number of nitrogens with zero attached hydrogens (tertiary/aromatic N) is 1. The predicted molar refractivity (Wildman–Crippen MR) is 70.5 cm³/mol. The molecule has 0 radical (unpaired) electrons. The molecule has 18 heavy (non-hydrogen) atoms. The average Bonchev–Trinajstić information content (AvgIpc) is 2.64. The number of aromatic amines is 1. The summed E-state index contributed by atoms with van der Waals surface area (Å²) >= 11 is 0. The SMILES string of the molecule is Cc1nc2ccc(CC(C(=O)O)C(C)C)cc2[nH]1. The van der Waals surface area contributed by atoms with E-state index < -0.39 is 5.97 Å². The Hall–Kier alpha value is -1.84. The Bertz CT molecular complexity index is 572. The van der Waals surface area contributed by atoms with E-state index in [9.17, 15) is 9.90 Å². The van der Waals surface area contributed by atoms with Gasteiger partial charge in [-0.15, -0.1) is 0 Å². The summed E-state index contributed by atoms with van der Waals surface area (Å²) < 4.78 is 0. The maximum Gasteiger partial charge on any atom is 0.307 e. The zero-order valence-corrected chi connectivity index (χ0v) is 10.9. The molecule has 2 rings (SSSR count). The van der Waals surface area contributed by atoms with E-state index in [-0.39, 0.29) is 11.8 Å². The summed E-state index contributed by atoms with van der Waals surface area (Å²) in [6.45, 7) is 5.79. The fourth-order valence-corrected chi connectivity index (χ4v) is 2.17. The number of carboxylic acid groups (broad SMARTS) is 1. The van der Waals surface area contributed by atoms with Gasteiger partial charge in [0.15, 0.2) is 0 Å². The fraction of sp³-hybridized carbons (Fsp3) is 0.429. The molecular formula is C14H18N2O2. The molecule has 1 unspecified atom stereocenters. The first-order valence-corrected chi connectivity index (χ1v) is 6.15. The standard InChI is InChI=1S/C14H18N2O2/c1-8(2)11(14(17)18)6-10-4-5-12-13(7-10)16-9(3)15-12/h4-5,7-8,11H,6H2,1-3H3,(H,15,16)(H,17,18). The van der Waals surface area contributed by atoms with Crippen LogP contribution in [0.15, 0.2) is 18.2 Å². The highest BCUT2D eigenvalue weighted by Crippen LogP contribution is 2.20. The quantitative estimate of drug-likeness (QED) is 0.871. The van der Waals surface area contributed by atoms with Gasteiger partial charge in [0.2, 0.25) is 0 Å². The van der Waals surface area contributed by atoms with E-state index in [0.717, 1.165) is 22.4 Å². The molecule has 1 aromatic carbocycles. The molecule has 0 aliphatic carbocycles. The van der Waals surface area contributed by atoms with Crippen LogP contribution in [0.2, 0.25) is 0 Å². The van der Waals surface area contributed by atoms with E-state index in [1.807, 2.05) is 39.0 Å². The number of hydrogen-bond donors (Lipinski definition) is 2.